The molecule has 0 heterocycles. The Morgan fingerprint density at radius 2 is 2.12 bits per heavy atom. The molecule has 0 bridgehead atoms. The van der Waals surface area contributed by atoms with Crippen LogP contribution in [-0.2, 0) is 0 Å². The topological polar surface area (TPSA) is 0 Å². The maximum Gasteiger partial charge on any atom is 2.00 e. The number of alkyl halides is 1. The molecule has 0 amide bonds. The third-order valence-corrected chi connectivity index (χ3v) is 1.57. The average Bonchev–Trinajstić information content (AvgIpc) is 1.68. The van der Waals surface area contributed by atoms with Gasteiger partial charge < -0.3 is 2.85 Å². The Balaban J connectivity index is -0.0000000600. The van der Waals surface area contributed by atoms with Gasteiger partial charge in [0.25, 0.3) is 0 Å². The van der Waals surface area contributed by atoms with Crippen molar-refractivity contribution >= 4 is 34.7 Å². The first-order valence-electron chi connectivity index (χ1n) is 2.87. The average molecular weight is 147 g/mol. The molecule has 1 atom stereocenters. The van der Waals surface area contributed by atoms with E-state index in [4.69, 9.17) is 11.6 Å². The van der Waals surface area contributed by atoms with Crippen molar-refractivity contribution in [2.24, 2.45) is 5.92 Å². The van der Waals surface area contributed by atoms with Crippen molar-refractivity contribution in [1.82, 2.24) is 0 Å². The molecule has 0 aromatic rings. The molecular formula is C6H15ClMg. The molecular weight excluding hydrogens is 132 g/mol. The van der Waals surface area contributed by atoms with Gasteiger partial charge in [-0.2, -0.15) is 0 Å². The summed E-state index contributed by atoms with van der Waals surface area (Å²) in [5.41, 5.74) is 0. The van der Waals surface area contributed by atoms with Crippen LogP contribution in [0.3, 0.4) is 0 Å². The van der Waals surface area contributed by atoms with Crippen LogP contribution in [-0.4, -0.2) is 28.9 Å². The molecule has 2 heteroatoms. The molecule has 0 nitrogen and oxygen atoms in total. The molecule has 0 aromatic carbocycles. The van der Waals surface area contributed by atoms with E-state index in [1.165, 1.54) is 12.8 Å². The normalized spacial score (nSPS) is 12.4. The van der Waals surface area contributed by atoms with E-state index in [-0.39, 0.29) is 25.9 Å². The van der Waals surface area contributed by atoms with Crippen LogP contribution < -0.4 is 0 Å². The van der Waals surface area contributed by atoms with Gasteiger partial charge in [0.1, 0.15) is 0 Å². The van der Waals surface area contributed by atoms with Crippen LogP contribution in [0.1, 0.15) is 29.5 Å². The van der Waals surface area contributed by atoms with Crippen LogP contribution >= 0.6 is 11.6 Å². The Kier molecular flexibility index (Phi) is 11.9. The van der Waals surface area contributed by atoms with Crippen molar-refractivity contribution in [2.45, 2.75) is 26.7 Å². The summed E-state index contributed by atoms with van der Waals surface area (Å²) in [7, 11) is 0. The van der Waals surface area contributed by atoms with Crippen LogP contribution in [0.4, 0.5) is 0 Å². The van der Waals surface area contributed by atoms with Crippen molar-refractivity contribution < 1.29 is 2.85 Å². The Morgan fingerprint density at radius 3 is 2.25 bits per heavy atom. The molecule has 0 aliphatic rings. The number of halogens is 1. The predicted molar refractivity (Wildman–Crippen MR) is 42.8 cm³/mol. The van der Waals surface area contributed by atoms with E-state index < -0.39 is 0 Å². The van der Waals surface area contributed by atoms with Gasteiger partial charge in [-0.3, -0.25) is 0 Å². The van der Waals surface area contributed by atoms with Gasteiger partial charge in [-0.1, -0.05) is 20.3 Å². The Labute approximate surface area is 76.1 Å². The molecule has 0 saturated heterocycles. The summed E-state index contributed by atoms with van der Waals surface area (Å²) in [6.07, 6.45) is 2.53. The quantitative estimate of drug-likeness (QED) is 0.424. The zero-order chi connectivity index (χ0) is 5.70. The molecule has 0 N–H and O–H groups in total. The second-order valence-electron chi connectivity index (χ2n) is 2.05. The third-order valence-electron chi connectivity index (χ3n) is 1.04. The van der Waals surface area contributed by atoms with E-state index in [2.05, 4.69) is 13.8 Å². The van der Waals surface area contributed by atoms with Crippen molar-refractivity contribution in [3.05, 3.63) is 0 Å². The van der Waals surface area contributed by atoms with Crippen molar-refractivity contribution in [3.63, 3.8) is 0 Å². The summed E-state index contributed by atoms with van der Waals surface area (Å²) >= 11 is 5.53. The smallest absolute Gasteiger partial charge is 1.00 e. The minimum Gasteiger partial charge on any atom is -1.00 e. The monoisotopic (exact) mass is 146 g/mol. The van der Waals surface area contributed by atoms with Gasteiger partial charge in [-0.05, 0) is 12.3 Å². The first kappa shape index (κ1) is 11.8. The summed E-state index contributed by atoms with van der Waals surface area (Å²) in [4.78, 5) is 0. The van der Waals surface area contributed by atoms with Gasteiger partial charge in [-0.15, -0.1) is 11.6 Å². The standard InChI is InChI=1S/C6H13Cl.Mg.2H/c1-3-4-6(2)5-7;;;/h6H,3-5H2,1-2H3;;;/q;+2;2*-1. The molecule has 8 heavy (non-hydrogen) atoms. The van der Waals surface area contributed by atoms with Crippen LogP contribution in [0.5, 0.6) is 0 Å². The van der Waals surface area contributed by atoms with E-state index in [0.29, 0.717) is 5.92 Å². The molecule has 48 valence electrons. The molecule has 1 unspecified atom stereocenters. The van der Waals surface area contributed by atoms with E-state index in [1.807, 2.05) is 0 Å². The van der Waals surface area contributed by atoms with Gasteiger partial charge in [0.2, 0.25) is 0 Å². The molecule has 0 saturated carbocycles. The number of rotatable bonds is 3. The number of hydrogen-bond donors (Lipinski definition) is 0. The third kappa shape index (κ3) is 7.06. The fraction of sp³-hybridized carbons (Fsp3) is 1.00. The van der Waals surface area contributed by atoms with E-state index in [1.54, 1.807) is 0 Å². The Morgan fingerprint density at radius 1 is 1.62 bits per heavy atom. The summed E-state index contributed by atoms with van der Waals surface area (Å²) in [6.45, 7) is 4.36. The molecule has 0 aliphatic carbocycles. The van der Waals surface area contributed by atoms with Crippen LogP contribution in [0, 0.1) is 5.92 Å². The molecule has 0 aromatic heterocycles. The second kappa shape index (κ2) is 8.06. The van der Waals surface area contributed by atoms with Gasteiger partial charge in [0, 0.05) is 5.88 Å². The van der Waals surface area contributed by atoms with Gasteiger partial charge >= 0.3 is 23.1 Å². The summed E-state index contributed by atoms with van der Waals surface area (Å²) in [5, 5.41) is 0. The zero-order valence-electron chi connectivity index (χ0n) is 7.78. The van der Waals surface area contributed by atoms with Gasteiger partial charge in [-0.25, -0.2) is 0 Å². The van der Waals surface area contributed by atoms with E-state index in [9.17, 15) is 0 Å². The van der Waals surface area contributed by atoms with E-state index >= 15 is 0 Å². The molecule has 0 aliphatic heterocycles. The summed E-state index contributed by atoms with van der Waals surface area (Å²) in [6, 6.07) is 0. The maximum absolute atomic E-state index is 5.53. The predicted octanol–water partition coefficient (Wildman–Crippen LogP) is 2.51. The summed E-state index contributed by atoms with van der Waals surface area (Å²) < 4.78 is 0. The largest absolute Gasteiger partial charge is 2.00 e. The minimum absolute atomic E-state index is 0. The zero-order valence-corrected chi connectivity index (χ0v) is 7.95. The first-order valence-corrected chi connectivity index (χ1v) is 3.40. The van der Waals surface area contributed by atoms with Crippen molar-refractivity contribution in [2.75, 3.05) is 5.88 Å². The van der Waals surface area contributed by atoms with Crippen LogP contribution in [0.2, 0.25) is 0 Å². The molecule has 0 fully saturated rings. The molecule has 0 spiro atoms. The van der Waals surface area contributed by atoms with Gasteiger partial charge in [0.05, 0.1) is 0 Å². The van der Waals surface area contributed by atoms with Crippen LogP contribution in [0.15, 0.2) is 0 Å². The second-order valence-corrected chi connectivity index (χ2v) is 2.36. The fourth-order valence-corrected chi connectivity index (χ4v) is 0.724. The molecule has 0 radical (unpaired) electrons. The van der Waals surface area contributed by atoms with Crippen molar-refractivity contribution in [3.8, 4) is 0 Å². The Hall–Kier alpha value is 1.06. The first-order chi connectivity index (χ1) is 3.31. The van der Waals surface area contributed by atoms with Crippen LogP contribution in [0.25, 0.3) is 0 Å². The molecule has 0 rings (SSSR count). The van der Waals surface area contributed by atoms with Crippen molar-refractivity contribution in [1.29, 1.82) is 0 Å². The maximum atomic E-state index is 5.53. The summed E-state index contributed by atoms with van der Waals surface area (Å²) in [5.74, 6) is 1.53. The SMILES string of the molecule is CCCC(C)CCl.[H-].[H-].[Mg+2]. The van der Waals surface area contributed by atoms with E-state index in [0.717, 1.165) is 5.88 Å². The van der Waals surface area contributed by atoms with Gasteiger partial charge in [0.15, 0.2) is 0 Å². The number of hydrogen-bond acceptors (Lipinski definition) is 0. The Bertz CT molecular complexity index is 46.7. The minimum atomic E-state index is 0. The fourth-order valence-electron chi connectivity index (χ4n) is 0.570.